The van der Waals surface area contributed by atoms with Gasteiger partial charge in [-0.3, -0.25) is 9.59 Å². The minimum atomic E-state index is -0.632. The van der Waals surface area contributed by atoms with Gasteiger partial charge in [0.15, 0.2) is 0 Å². The number of halogens is 2. The summed E-state index contributed by atoms with van der Waals surface area (Å²) >= 11 is 6.86. The zero-order chi connectivity index (χ0) is 25.4. The number of ketones is 1. The Morgan fingerprint density at radius 1 is 0.857 bits per heavy atom. The maximum atomic E-state index is 13.2. The highest BCUT2D eigenvalue weighted by Gasteiger charge is 2.45. The summed E-state index contributed by atoms with van der Waals surface area (Å²) in [6, 6.07) is 14.1. The fraction of sp³-hybridized carbons (Fsp3) is 0.429. The Bertz CT molecular complexity index is 1030. The highest BCUT2D eigenvalue weighted by Crippen LogP contribution is 2.39. The second kappa shape index (κ2) is 13.4. The largest absolute Gasteiger partial charge is 0.507 e. The molecule has 1 N–H and O–H groups in total. The van der Waals surface area contributed by atoms with Crippen molar-refractivity contribution in [3.05, 3.63) is 74.2 Å². The lowest BCUT2D eigenvalue weighted by Gasteiger charge is -2.27. The predicted molar refractivity (Wildman–Crippen MR) is 148 cm³/mol. The molecule has 1 aliphatic heterocycles. The Hall–Kier alpha value is -1.96. The SMILES string of the molecule is CCCCN(CCCC)CCCN1C(=O)C(=O)/C(=C(\O)c2ccc(Br)cc2)C1c1ccc(Br)cc1. The Morgan fingerprint density at radius 3 is 1.91 bits per heavy atom. The smallest absolute Gasteiger partial charge is 0.295 e. The molecule has 1 heterocycles. The second-order valence-corrected chi connectivity index (χ2v) is 10.8. The quantitative estimate of drug-likeness (QED) is 0.162. The monoisotopic (exact) mass is 604 g/mol. The van der Waals surface area contributed by atoms with Crippen molar-refractivity contribution < 1.29 is 14.7 Å². The number of amides is 1. The van der Waals surface area contributed by atoms with Crippen molar-refractivity contribution in [3.63, 3.8) is 0 Å². The molecule has 1 amide bonds. The first-order valence-corrected chi connectivity index (χ1v) is 14.0. The average molecular weight is 606 g/mol. The maximum absolute atomic E-state index is 13.2. The van der Waals surface area contributed by atoms with E-state index in [4.69, 9.17) is 0 Å². The van der Waals surface area contributed by atoms with E-state index >= 15 is 0 Å². The third-order valence-electron chi connectivity index (χ3n) is 6.37. The summed E-state index contributed by atoms with van der Waals surface area (Å²) in [5.41, 5.74) is 1.46. The van der Waals surface area contributed by atoms with Crippen LogP contribution >= 0.6 is 31.9 Å². The summed E-state index contributed by atoms with van der Waals surface area (Å²) in [6.07, 6.45) is 5.38. The third kappa shape index (κ3) is 7.05. The van der Waals surface area contributed by atoms with Crippen molar-refractivity contribution >= 4 is 49.3 Å². The molecule has 1 saturated heterocycles. The lowest BCUT2D eigenvalue weighted by Crippen LogP contribution is -2.34. The summed E-state index contributed by atoms with van der Waals surface area (Å²) in [4.78, 5) is 30.5. The molecule has 0 aromatic heterocycles. The second-order valence-electron chi connectivity index (χ2n) is 8.95. The van der Waals surface area contributed by atoms with E-state index in [-0.39, 0.29) is 11.3 Å². The van der Waals surface area contributed by atoms with Gasteiger partial charge in [-0.05, 0) is 68.7 Å². The number of benzene rings is 2. The van der Waals surface area contributed by atoms with E-state index in [9.17, 15) is 14.7 Å². The standard InChI is InChI=1S/C28H34Br2N2O3/c1-3-5-16-31(17-6-4-2)18-7-19-32-25(20-8-12-22(29)13-9-20)24(27(34)28(32)35)26(33)21-10-14-23(30)15-11-21/h8-15,25,33H,3-7,16-19H2,1-2H3/b26-24-. The molecule has 1 fully saturated rings. The van der Waals surface area contributed by atoms with Crippen LogP contribution in [-0.4, -0.2) is 52.8 Å². The van der Waals surface area contributed by atoms with Crippen LogP contribution in [0.4, 0.5) is 0 Å². The first kappa shape index (κ1) is 27.6. The van der Waals surface area contributed by atoms with Crippen molar-refractivity contribution in [1.29, 1.82) is 0 Å². The molecule has 0 radical (unpaired) electrons. The van der Waals surface area contributed by atoms with Gasteiger partial charge < -0.3 is 14.9 Å². The first-order chi connectivity index (χ1) is 16.9. The van der Waals surface area contributed by atoms with Crippen molar-refractivity contribution in [1.82, 2.24) is 9.80 Å². The van der Waals surface area contributed by atoms with Gasteiger partial charge in [0, 0.05) is 21.1 Å². The van der Waals surface area contributed by atoms with Gasteiger partial charge in [-0.15, -0.1) is 0 Å². The van der Waals surface area contributed by atoms with Gasteiger partial charge in [-0.2, -0.15) is 0 Å². The van der Waals surface area contributed by atoms with Crippen LogP contribution < -0.4 is 0 Å². The number of aliphatic hydroxyl groups is 1. The molecule has 1 atom stereocenters. The number of hydrogen-bond donors (Lipinski definition) is 1. The molecule has 35 heavy (non-hydrogen) atoms. The molecule has 7 heteroatoms. The Labute approximate surface area is 225 Å². The van der Waals surface area contributed by atoms with Gasteiger partial charge >= 0.3 is 0 Å². The van der Waals surface area contributed by atoms with E-state index in [2.05, 4.69) is 50.6 Å². The number of aliphatic hydroxyl groups excluding tert-OH is 1. The topological polar surface area (TPSA) is 60.9 Å². The number of hydrogen-bond acceptors (Lipinski definition) is 4. The molecule has 0 spiro atoms. The number of carbonyl (C=O) groups is 2. The summed E-state index contributed by atoms with van der Waals surface area (Å²) in [7, 11) is 0. The lowest BCUT2D eigenvalue weighted by atomic mass is 9.95. The molecule has 188 valence electrons. The van der Waals surface area contributed by atoms with Crippen molar-refractivity contribution in [2.45, 2.75) is 52.0 Å². The molecule has 0 bridgehead atoms. The third-order valence-corrected chi connectivity index (χ3v) is 7.43. The number of rotatable bonds is 12. The zero-order valence-corrected chi connectivity index (χ0v) is 23.6. The van der Waals surface area contributed by atoms with Crippen molar-refractivity contribution in [2.75, 3.05) is 26.2 Å². The van der Waals surface area contributed by atoms with Crippen LogP contribution in [0, 0.1) is 0 Å². The highest BCUT2D eigenvalue weighted by molar-refractivity contribution is 9.10. The Kier molecular flexibility index (Phi) is 10.6. The van der Waals surface area contributed by atoms with Crippen molar-refractivity contribution in [2.24, 2.45) is 0 Å². The van der Waals surface area contributed by atoms with Gasteiger partial charge in [0.1, 0.15) is 5.76 Å². The summed E-state index contributed by atoms with van der Waals surface area (Å²) < 4.78 is 1.78. The number of Topliss-reactive ketones (excluding diaryl/α,β-unsaturated/α-hetero) is 1. The van der Waals surface area contributed by atoms with Gasteiger partial charge in [0.25, 0.3) is 11.7 Å². The van der Waals surface area contributed by atoms with E-state index in [1.165, 1.54) is 0 Å². The Balaban J connectivity index is 1.90. The number of unbranched alkanes of at least 4 members (excludes halogenated alkanes) is 2. The first-order valence-electron chi connectivity index (χ1n) is 12.4. The normalized spacial score (nSPS) is 17.5. The number of nitrogens with zero attached hydrogens (tertiary/aromatic N) is 2. The molecule has 1 unspecified atom stereocenters. The molecule has 5 nitrogen and oxygen atoms in total. The van der Waals surface area contributed by atoms with Crippen LogP contribution in [0.5, 0.6) is 0 Å². The molecule has 3 rings (SSSR count). The maximum Gasteiger partial charge on any atom is 0.295 e. The van der Waals surface area contributed by atoms with Crippen LogP contribution in [0.15, 0.2) is 63.0 Å². The average Bonchev–Trinajstić information content (AvgIpc) is 3.10. The van der Waals surface area contributed by atoms with E-state index in [1.54, 1.807) is 29.2 Å². The van der Waals surface area contributed by atoms with Gasteiger partial charge in [0.05, 0.1) is 11.6 Å². The van der Waals surface area contributed by atoms with Crippen LogP contribution in [0.1, 0.15) is 63.1 Å². The van der Waals surface area contributed by atoms with E-state index in [1.807, 2.05) is 24.3 Å². The Morgan fingerprint density at radius 2 is 1.37 bits per heavy atom. The van der Waals surface area contributed by atoms with E-state index < -0.39 is 17.7 Å². The number of likely N-dealkylation sites (tertiary alicyclic amines) is 1. The lowest BCUT2D eigenvalue weighted by molar-refractivity contribution is -0.140. The molecule has 0 aliphatic carbocycles. The van der Waals surface area contributed by atoms with Crippen molar-refractivity contribution in [3.8, 4) is 0 Å². The van der Waals surface area contributed by atoms with E-state index in [0.29, 0.717) is 12.1 Å². The molecule has 2 aromatic carbocycles. The van der Waals surface area contributed by atoms with Crippen LogP contribution in [0.2, 0.25) is 0 Å². The summed E-state index contributed by atoms with van der Waals surface area (Å²) in [5, 5.41) is 11.2. The van der Waals surface area contributed by atoms with Gasteiger partial charge in [-0.25, -0.2) is 0 Å². The van der Waals surface area contributed by atoms with Crippen LogP contribution in [-0.2, 0) is 9.59 Å². The minimum Gasteiger partial charge on any atom is -0.507 e. The number of carbonyl (C=O) groups excluding carboxylic acids is 2. The fourth-order valence-corrected chi connectivity index (χ4v) is 4.96. The molecule has 2 aromatic rings. The molecule has 1 aliphatic rings. The molecular formula is C28H34Br2N2O3. The van der Waals surface area contributed by atoms with Crippen LogP contribution in [0.3, 0.4) is 0 Å². The van der Waals surface area contributed by atoms with Gasteiger partial charge in [-0.1, -0.05) is 82.8 Å². The summed E-state index contributed by atoms with van der Waals surface area (Å²) in [6.45, 7) is 7.83. The summed E-state index contributed by atoms with van der Waals surface area (Å²) in [5.74, 6) is -1.32. The molecule has 0 saturated carbocycles. The fourth-order valence-electron chi connectivity index (χ4n) is 4.43. The minimum absolute atomic E-state index is 0.140. The van der Waals surface area contributed by atoms with Crippen LogP contribution in [0.25, 0.3) is 5.76 Å². The van der Waals surface area contributed by atoms with Gasteiger partial charge in [0.2, 0.25) is 0 Å². The highest BCUT2D eigenvalue weighted by atomic mass is 79.9. The predicted octanol–water partition coefficient (Wildman–Crippen LogP) is 6.93. The molecular weight excluding hydrogens is 572 g/mol. The zero-order valence-electron chi connectivity index (χ0n) is 20.5. The van der Waals surface area contributed by atoms with E-state index in [0.717, 1.165) is 66.2 Å².